The molecular formula is C15H18F3NO4S. The molecule has 2 N–H and O–H groups in total. The van der Waals surface area contributed by atoms with Gasteiger partial charge in [0.05, 0.1) is 11.2 Å². The van der Waals surface area contributed by atoms with Gasteiger partial charge in [-0.3, -0.25) is 4.79 Å². The molecular weight excluding hydrogens is 347 g/mol. The molecule has 0 heterocycles. The molecule has 1 saturated carbocycles. The van der Waals surface area contributed by atoms with Crippen molar-refractivity contribution in [2.24, 2.45) is 5.92 Å². The Bertz CT molecular complexity index is 668. The lowest BCUT2D eigenvalue weighted by molar-refractivity contribution is -0.181. The van der Waals surface area contributed by atoms with Crippen molar-refractivity contribution in [3.05, 3.63) is 35.9 Å². The van der Waals surface area contributed by atoms with Crippen molar-refractivity contribution in [2.45, 2.75) is 43.2 Å². The fraction of sp³-hybridized carbons (Fsp3) is 0.533. The quantitative estimate of drug-likeness (QED) is 0.840. The van der Waals surface area contributed by atoms with Gasteiger partial charge in [-0.1, -0.05) is 30.3 Å². The van der Waals surface area contributed by atoms with Crippen molar-refractivity contribution in [2.75, 3.05) is 0 Å². The minimum atomic E-state index is -4.32. The van der Waals surface area contributed by atoms with Crippen LogP contribution in [0.5, 0.6) is 0 Å². The third kappa shape index (κ3) is 4.47. The molecule has 134 valence electrons. The monoisotopic (exact) mass is 365 g/mol. The van der Waals surface area contributed by atoms with Crippen LogP contribution in [0.3, 0.4) is 0 Å². The number of rotatable bonds is 5. The molecule has 0 amide bonds. The first kappa shape index (κ1) is 18.7. The van der Waals surface area contributed by atoms with Crippen molar-refractivity contribution in [1.82, 2.24) is 4.72 Å². The second-order valence-corrected chi connectivity index (χ2v) is 7.85. The standard InChI is InChI=1S/C15H18F3NO4S/c16-15(17,18)11-6-8-12(9-7-11)24(22,23)19-13(14(20)21)10-4-2-1-3-5-10/h1-5,11-13,19H,6-9H2,(H,20,21)/t11?,12?,13-/m1/s1. The molecule has 0 radical (unpaired) electrons. The summed E-state index contributed by atoms with van der Waals surface area (Å²) in [6.07, 6.45) is -5.13. The fourth-order valence-electron chi connectivity index (χ4n) is 2.87. The zero-order valence-corrected chi connectivity index (χ0v) is 13.5. The van der Waals surface area contributed by atoms with E-state index in [0.717, 1.165) is 0 Å². The van der Waals surface area contributed by atoms with E-state index < -0.39 is 39.4 Å². The summed E-state index contributed by atoms with van der Waals surface area (Å²) in [6.45, 7) is 0. The van der Waals surface area contributed by atoms with Crippen molar-refractivity contribution in [3.63, 3.8) is 0 Å². The highest BCUT2D eigenvalue weighted by molar-refractivity contribution is 7.90. The molecule has 0 aromatic heterocycles. The number of hydrogen-bond acceptors (Lipinski definition) is 3. The average Bonchev–Trinajstić information content (AvgIpc) is 2.52. The first-order valence-corrected chi connectivity index (χ1v) is 9.01. The maximum absolute atomic E-state index is 12.7. The SMILES string of the molecule is O=C(O)[C@H](NS(=O)(=O)C1CCC(C(F)(F)F)CC1)c1ccccc1. The summed E-state index contributed by atoms with van der Waals surface area (Å²) in [7, 11) is -4.04. The minimum Gasteiger partial charge on any atom is -0.480 e. The van der Waals surface area contributed by atoms with Crippen molar-refractivity contribution in [1.29, 1.82) is 0 Å². The zero-order chi connectivity index (χ0) is 18.0. The van der Waals surface area contributed by atoms with Crippen LogP contribution in [0.15, 0.2) is 30.3 Å². The number of carbonyl (C=O) groups is 1. The summed E-state index contributed by atoms with van der Waals surface area (Å²) in [5, 5.41) is 8.25. The highest BCUT2D eigenvalue weighted by Crippen LogP contribution is 2.39. The number of aliphatic carboxylic acids is 1. The van der Waals surface area contributed by atoms with E-state index >= 15 is 0 Å². The fourth-order valence-corrected chi connectivity index (χ4v) is 4.52. The zero-order valence-electron chi connectivity index (χ0n) is 12.7. The van der Waals surface area contributed by atoms with Crippen LogP contribution in [0.25, 0.3) is 0 Å². The molecule has 24 heavy (non-hydrogen) atoms. The second-order valence-electron chi connectivity index (χ2n) is 5.86. The van der Waals surface area contributed by atoms with Crippen LogP contribution in [0.1, 0.15) is 37.3 Å². The summed E-state index contributed by atoms with van der Waals surface area (Å²) in [5.74, 6) is -2.86. The van der Waals surface area contributed by atoms with Gasteiger partial charge >= 0.3 is 12.1 Å². The van der Waals surface area contributed by atoms with E-state index in [0.29, 0.717) is 0 Å². The lowest BCUT2D eigenvalue weighted by Crippen LogP contribution is -2.42. The third-order valence-electron chi connectivity index (χ3n) is 4.24. The molecule has 1 aromatic carbocycles. The number of alkyl halides is 3. The summed E-state index contributed by atoms with van der Waals surface area (Å²) >= 11 is 0. The van der Waals surface area contributed by atoms with E-state index in [4.69, 9.17) is 0 Å². The van der Waals surface area contributed by atoms with Gasteiger partial charge in [0, 0.05) is 0 Å². The van der Waals surface area contributed by atoms with Crippen LogP contribution in [0, 0.1) is 5.92 Å². The molecule has 2 rings (SSSR count). The molecule has 1 aliphatic carbocycles. The van der Waals surface area contributed by atoms with Crippen LogP contribution in [0.4, 0.5) is 13.2 Å². The van der Waals surface area contributed by atoms with Crippen LogP contribution in [0.2, 0.25) is 0 Å². The predicted octanol–water partition coefficient (Wildman–Crippen LogP) is 2.85. The van der Waals surface area contributed by atoms with Crippen LogP contribution < -0.4 is 4.72 Å². The Morgan fingerprint density at radius 3 is 2.12 bits per heavy atom. The predicted molar refractivity (Wildman–Crippen MR) is 80.7 cm³/mol. The molecule has 1 atom stereocenters. The smallest absolute Gasteiger partial charge is 0.391 e. The largest absolute Gasteiger partial charge is 0.480 e. The number of carboxylic acid groups (broad SMARTS) is 1. The number of hydrogen-bond donors (Lipinski definition) is 2. The number of carboxylic acids is 1. The van der Waals surface area contributed by atoms with E-state index in [1.165, 1.54) is 12.1 Å². The lowest BCUT2D eigenvalue weighted by atomic mass is 9.88. The topological polar surface area (TPSA) is 83.5 Å². The molecule has 0 spiro atoms. The van der Waals surface area contributed by atoms with E-state index in [-0.39, 0.29) is 31.2 Å². The molecule has 0 bridgehead atoms. The number of halogens is 3. The molecule has 1 aliphatic rings. The molecule has 0 saturated heterocycles. The Kier molecular flexibility index (Phi) is 5.54. The first-order valence-electron chi connectivity index (χ1n) is 7.47. The van der Waals surface area contributed by atoms with Gasteiger partial charge in [0.2, 0.25) is 10.0 Å². The van der Waals surface area contributed by atoms with Crippen molar-refractivity contribution < 1.29 is 31.5 Å². The molecule has 1 aromatic rings. The Balaban J connectivity index is 2.09. The highest BCUT2D eigenvalue weighted by Gasteiger charge is 2.44. The summed E-state index contributed by atoms with van der Waals surface area (Å²) in [6, 6.07) is 6.30. The lowest BCUT2D eigenvalue weighted by Gasteiger charge is -2.30. The summed E-state index contributed by atoms with van der Waals surface area (Å²) in [4.78, 5) is 11.4. The Hall–Kier alpha value is -1.61. The summed E-state index contributed by atoms with van der Waals surface area (Å²) < 4.78 is 64.9. The van der Waals surface area contributed by atoms with Gasteiger partial charge in [-0.2, -0.15) is 17.9 Å². The second kappa shape index (κ2) is 7.10. The molecule has 5 nitrogen and oxygen atoms in total. The Morgan fingerprint density at radius 2 is 1.67 bits per heavy atom. The van der Waals surface area contributed by atoms with Crippen LogP contribution in [-0.2, 0) is 14.8 Å². The van der Waals surface area contributed by atoms with Gasteiger partial charge in [0.15, 0.2) is 0 Å². The number of nitrogens with one attached hydrogen (secondary N) is 1. The van der Waals surface area contributed by atoms with Gasteiger partial charge in [-0.25, -0.2) is 8.42 Å². The van der Waals surface area contributed by atoms with E-state index in [9.17, 15) is 31.5 Å². The van der Waals surface area contributed by atoms with Gasteiger partial charge in [-0.05, 0) is 31.2 Å². The molecule has 9 heteroatoms. The maximum atomic E-state index is 12.7. The van der Waals surface area contributed by atoms with E-state index in [1.807, 2.05) is 0 Å². The summed E-state index contributed by atoms with van der Waals surface area (Å²) in [5.41, 5.74) is 0.262. The van der Waals surface area contributed by atoms with Crippen molar-refractivity contribution >= 4 is 16.0 Å². The van der Waals surface area contributed by atoms with Gasteiger partial charge in [-0.15, -0.1) is 0 Å². The minimum absolute atomic E-state index is 0.138. The van der Waals surface area contributed by atoms with Crippen molar-refractivity contribution in [3.8, 4) is 0 Å². The Labute approximate surface area is 137 Å². The first-order chi connectivity index (χ1) is 11.1. The van der Waals surface area contributed by atoms with Gasteiger partial charge < -0.3 is 5.11 Å². The van der Waals surface area contributed by atoms with Gasteiger partial charge in [0.1, 0.15) is 6.04 Å². The van der Waals surface area contributed by atoms with Gasteiger partial charge in [0.25, 0.3) is 0 Å². The average molecular weight is 365 g/mol. The molecule has 0 aliphatic heterocycles. The highest BCUT2D eigenvalue weighted by atomic mass is 32.2. The maximum Gasteiger partial charge on any atom is 0.391 e. The number of benzene rings is 1. The van der Waals surface area contributed by atoms with E-state index in [2.05, 4.69) is 4.72 Å². The molecule has 1 fully saturated rings. The van der Waals surface area contributed by atoms with Crippen LogP contribution >= 0.6 is 0 Å². The Morgan fingerprint density at radius 1 is 1.12 bits per heavy atom. The molecule has 0 unspecified atom stereocenters. The van der Waals surface area contributed by atoms with E-state index in [1.54, 1.807) is 18.2 Å². The third-order valence-corrected chi connectivity index (χ3v) is 6.15. The van der Waals surface area contributed by atoms with Crippen LogP contribution in [-0.4, -0.2) is 30.9 Å². The normalized spacial score (nSPS) is 23.6. The number of sulfonamides is 1.